The van der Waals surface area contributed by atoms with Crippen molar-refractivity contribution in [2.24, 2.45) is 0 Å². The summed E-state index contributed by atoms with van der Waals surface area (Å²) < 4.78 is 1.79. The number of nitrogens with zero attached hydrogens (tertiary/aromatic N) is 3. The molecule has 2 aromatic rings. The minimum atomic E-state index is -0.149. The van der Waals surface area contributed by atoms with E-state index in [9.17, 15) is 4.79 Å². The first kappa shape index (κ1) is 17.0. The molecule has 0 aliphatic carbocycles. The van der Waals surface area contributed by atoms with E-state index in [1.54, 1.807) is 15.8 Å². The highest BCUT2D eigenvalue weighted by Gasteiger charge is 2.15. The average Bonchev–Trinajstić information content (AvgIpc) is 3.09. The van der Waals surface area contributed by atoms with E-state index in [4.69, 9.17) is 5.11 Å². The van der Waals surface area contributed by atoms with Gasteiger partial charge in [0.05, 0.1) is 18.3 Å². The molecule has 0 aliphatic rings. The molecule has 0 spiro atoms. The summed E-state index contributed by atoms with van der Waals surface area (Å²) in [4.78, 5) is 13.9. The van der Waals surface area contributed by atoms with Crippen LogP contribution in [0.15, 0.2) is 42.7 Å². The first-order valence-corrected chi connectivity index (χ1v) is 7.92. The smallest absolute Gasteiger partial charge is 0.317 e. The van der Waals surface area contributed by atoms with Crippen LogP contribution in [0.1, 0.15) is 31.9 Å². The number of rotatable bonds is 7. The molecule has 2 amide bonds. The Morgan fingerprint density at radius 1 is 1.35 bits per heavy atom. The van der Waals surface area contributed by atoms with E-state index < -0.39 is 0 Å². The average molecular weight is 316 g/mol. The van der Waals surface area contributed by atoms with Crippen LogP contribution in [0.25, 0.3) is 5.69 Å². The Bertz CT molecular complexity index is 590. The third kappa shape index (κ3) is 4.56. The summed E-state index contributed by atoms with van der Waals surface area (Å²) in [6.07, 6.45) is 4.48. The van der Waals surface area contributed by atoms with Crippen LogP contribution in [0.3, 0.4) is 0 Å². The maximum absolute atomic E-state index is 12.3. The molecule has 0 fully saturated rings. The van der Waals surface area contributed by atoms with Crippen molar-refractivity contribution in [3.63, 3.8) is 0 Å². The molecule has 1 aromatic carbocycles. The van der Waals surface area contributed by atoms with E-state index in [-0.39, 0.29) is 18.7 Å². The van der Waals surface area contributed by atoms with Crippen molar-refractivity contribution < 1.29 is 9.90 Å². The monoisotopic (exact) mass is 316 g/mol. The Morgan fingerprint density at radius 3 is 2.65 bits per heavy atom. The second kappa shape index (κ2) is 8.33. The van der Waals surface area contributed by atoms with Gasteiger partial charge in [0.15, 0.2) is 0 Å². The molecule has 0 aliphatic heterocycles. The van der Waals surface area contributed by atoms with Crippen molar-refractivity contribution in [3.05, 3.63) is 48.3 Å². The molecule has 0 saturated carbocycles. The van der Waals surface area contributed by atoms with E-state index in [0.717, 1.165) is 17.7 Å². The fraction of sp³-hybridized carbons (Fsp3) is 0.412. The second-order valence-corrected chi connectivity index (χ2v) is 5.42. The number of aliphatic hydroxyl groups is 1. The molecule has 0 radical (unpaired) electrons. The summed E-state index contributed by atoms with van der Waals surface area (Å²) in [5.41, 5.74) is 2.00. The standard InChI is InChI=1S/C17H24N4O2/c1-3-10-20(12-13-22)17(23)19-14(2)15-5-7-16(8-6-15)21-11-4-9-18-21/h4-9,11,14,22H,3,10,12-13H2,1-2H3,(H,19,23). The first-order chi connectivity index (χ1) is 11.2. The largest absolute Gasteiger partial charge is 0.395 e. The van der Waals surface area contributed by atoms with Crippen molar-refractivity contribution in [1.82, 2.24) is 20.0 Å². The van der Waals surface area contributed by atoms with Gasteiger partial charge in [0.2, 0.25) is 0 Å². The predicted octanol–water partition coefficient (Wildman–Crippen LogP) is 2.35. The molecular formula is C17H24N4O2. The molecule has 1 aromatic heterocycles. The summed E-state index contributed by atoms with van der Waals surface area (Å²) in [7, 11) is 0. The van der Waals surface area contributed by atoms with Gasteiger partial charge in [0.1, 0.15) is 0 Å². The van der Waals surface area contributed by atoms with Gasteiger partial charge in [0, 0.05) is 25.5 Å². The molecule has 23 heavy (non-hydrogen) atoms. The molecule has 1 unspecified atom stereocenters. The van der Waals surface area contributed by atoms with Gasteiger partial charge in [-0.3, -0.25) is 0 Å². The van der Waals surface area contributed by atoms with E-state index >= 15 is 0 Å². The van der Waals surface area contributed by atoms with Crippen molar-refractivity contribution in [1.29, 1.82) is 0 Å². The molecule has 0 saturated heterocycles. The fourth-order valence-corrected chi connectivity index (χ4v) is 2.40. The minimum absolute atomic E-state index is 0.0274. The van der Waals surface area contributed by atoms with Crippen molar-refractivity contribution in [3.8, 4) is 5.69 Å². The van der Waals surface area contributed by atoms with Gasteiger partial charge in [-0.05, 0) is 37.1 Å². The topological polar surface area (TPSA) is 70.4 Å². The lowest BCUT2D eigenvalue weighted by molar-refractivity contribution is 0.174. The van der Waals surface area contributed by atoms with Crippen LogP contribution in [0, 0.1) is 0 Å². The Hall–Kier alpha value is -2.34. The third-order valence-electron chi connectivity index (χ3n) is 3.65. The number of nitrogens with one attached hydrogen (secondary N) is 1. The number of aromatic nitrogens is 2. The van der Waals surface area contributed by atoms with E-state index in [1.165, 1.54) is 0 Å². The molecule has 6 nitrogen and oxygen atoms in total. The van der Waals surface area contributed by atoms with Gasteiger partial charge >= 0.3 is 6.03 Å². The molecular weight excluding hydrogens is 292 g/mol. The van der Waals surface area contributed by atoms with Crippen LogP contribution in [-0.4, -0.2) is 45.5 Å². The Morgan fingerprint density at radius 2 is 2.09 bits per heavy atom. The fourth-order valence-electron chi connectivity index (χ4n) is 2.40. The van der Waals surface area contributed by atoms with Gasteiger partial charge in [0.25, 0.3) is 0 Å². The van der Waals surface area contributed by atoms with Gasteiger partial charge in [-0.2, -0.15) is 5.10 Å². The predicted molar refractivity (Wildman–Crippen MR) is 89.5 cm³/mol. The maximum atomic E-state index is 12.3. The van der Waals surface area contributed by atoms with E-state index in [0.29, 0.717) is 13.1 Å². The van der Waals surface area contributed by atoms with Crippen molar-refractivity contribution >= 4 is 6.03 Å². The molecule has 1 heterocycles. The lowest BCUT2D eigenvalue weighted by Gasteiger charge is -2.24. The lowest BCUT2D eigenvalue weighted by Crippen LogP contribution is -2.42. The van der Waals surface area contributed by atoms with E-state index in [2.05, 4.69) is 10.4 Å². The first-order valence-electron chi connectivity index (χ1n) is 7.92. The normalized spacial score (nSPS) is 12.0. The molecule has 2 N–H and O–H groups in total. The van der Waals surface area contributed by atoms with E-state index in [1.807, 2.05) is 50.4 Å². The van der Waals surface area contributed by atoms with Crippen molar-refractivity contribution in [2.45, 2.75) is 26.3 Å². The summed E-state index contributed by atoms with van der Waals surface area (Å²) in [6, 6.07) is 9.54. The molecule has 2 rings (SSSR count). The number of carbonyl (C=O) groups is 1. The summed E-state index contributed by atoms with van der Waals surface area (Å²) in [6.45, 7) is 4.92. The highest BCUT2D eigenvalue weighted by Crippen LogP contribution is 2.15. The summed E-state index contributed by atoms with van der Waals surface area (Å²) >= 11 is 0. The van der Waals surface area contributed by atoms with Crippen LogP contribution >= 0.6 is 0 Å². The number of hydrogen-bond acceptors (Lipinski definition) is 3. The minimum Gasteiger partial charge on any atom is -0.395 e. The zero-order chi connectivity index (χ0) is 16.7. The number of urea groups is 1. The lowest BCUT2D eigenvalue weighted by atomic mass is 10.1. The number of aliphatic hydroxyl groups excluding tert-OH is 1. The number of amides is 2. The van der Waals surface area contributed by atoms with Gasteiger partial charge in [-0.1, -0.05) is 19.1 Å². The summed E-state index contributed by atoms with van der Waals surface area (Å²) in [5.74, 6) is 0. The highest BCUT2D eigenvalue weighted by atomic mass is 16.3. The Kier molecular flexibility index (Phi) is 6.17. The Balaban J connectivity index is 1.99. The maximum Gasteiger partial charge on any atom is 0.317 e. The Labute approximate surface area is 136 Å². The zero-order valence-corrected chi connectivity index (χ0v) is 13.6. The molecule has 6 heteroatoms. The molecule has 124 valence electrons. The SMILES string of the molecule is CCCN(CCO)C(=O)NC(C)c1ccc(-n2cccn2)cc1. The second-order valence-electron chi connectivity index (χ2n) is 5.42. The van der Waals surface area contributed by atoms with Crippen LogP contribution in [0.2, 0.25) is 0 Å². The third-order valence-corrected chi connectivity index (χ3v) is 3.65. The molecule has 1 atom stereocenters. The molecule has 0 bridgehead atoms. The zero-order valence-electron chi connectivity index (χ0n) is 13.6. The highest BCUT2D eigenvalue weighted by molar-refractivity contribution is 5.74. The van der Waals surface area contributed by atoms with Gasteiger partial charge in [-0.15, -0.1) is 0 Å². The quantitative estimate of drug-likeness (QED) is 0.824. The number of hydrogen-bond donors (Lipinski definition) is 2. The van der Waals surface area contributed by atoms with Crippen LogP contribution < -0.4 is 5.32 Å². The van der Waals surface area contributed by atoms with Crippen LogP contribution in [0.4, 0.5) is 4.79 Å². The number of benzene rings is 1. The summed E-state index contributed by atoms with van der Waals surface area (Å²) in [5, 5.41) is 16.2. The van der Waals surface area contributed by atoms with Crippen LogP contribution in [0.5, 0.6) is 0 Å². The van der Waals surface area contributed by atoms with Crippen molar-refractivity contribution in [2.75, 3.05) is 19.7 Å². The number of carbonyl (C=O) groups excluding carboxylic acids is 1. The van der Waals surface area contributed by atoms with Gasteiger partial charge < -0.3 is 15.3 Å². The van der Waals surface area contributed by atoms with Crippen LogP contribution in [-0.2, 0) is 0 Å². The van der Waals surface area contributed by atoms with Gasteiger partial charge in [-0.25, -0.2) is 9.48 Å².